The second-order valence-electron chi connectivity index (χ2n) is 6.42. The summed E-state index contributed by atoms with van der Waals surface area (Å²) in [6, 6.07) is 9.45. The molecule has 7 nitrogen and oxygen atoms in total. The minimum absolute atomic E-state index is 0.00939. The van der Waals surface area contributed by atoms with Gasteiger partial charge in [0.05, 0.1) is 29.8 Å². The van der Waals surface area contributed by atoms with Crippen LogP contribution in [-0.4, -0.2) is 45.2 Å². The van der Waals surface area contributed by atoms with E-state index in [9.17, 15) is 4.79 Å². The molecule has 1 unspecified atom stereocenters. The van der Waals surface area contributed by atoms with Crippen molar-refractivity contribution in [3.63, 3.8) is 0 Å². The lowest BCUT2D eigenvalue weighted by Crippen LogP contribution is -2.38. The zero-order valence-corrected chi connectivity index (χ0v) is 16.6. The van der Waals surface area contributed by atoms with Gasteiger partial charge < -0.3 is 9.73 Å². The number of rotatable bonds is 9. The molecule has 0 aliphatic heterocycles. The van der Waals surface area contributed by atoms with E-state index >= 15 is 0 Å². The molecule has 0 bridgehead atoms. The van der Waals surface area contributed by atoms with Gasteiger partial charge in [-0.05, 0) is 43.8 Å². The topological polar surface area (TPSA) is 76.2 Å². The van der Waals surface area contributed by atoms with E-state index in [0.29, 0.717) is 24.3 Å². The van der Waals surface area contributed by atoms with Crippen LogP contribution in [0.15, 0.2) is 53.4 Å². The Bertz CT molecular complexity index is 870. The number of carbonyl (C=O) groups is 1. The Morgan fingerprint density at radius 1 is 1.21 bits per heavy atom. The van der Waals surface area contributed by atoms with Crippen LogP contribution >= 0.6 is 0 Å². The summed E-state index contributed by atoms with van der Waals surface area (Å²) in [5.41, 5.74) is 1.42. The zero-order valence-electron chi connectivity index (χ0n) is 16.6. The second kappa shape index (κ2) is 9.32. The van der Waals surface area contributed by atoms with E-state index in [2.05, 4.69) is 34.1 Å². The quantitative estimate of drug-likeness (QED) is 0.616. The van der Waals surface area contributed by atoms with Crippen LogP contribution in [-0.2, 0) is 6.42 Å². The first-order chi connectivity index (χ1) is 13.7. The second-order valence-corrected chi connectivity index (χ2v) is 6.42. The molecule has 0 aliphatic carbocycles. The van der Waals surface area contributed by atoms with Crippen LogP contribution in [0, 0.1) is 0 Å². The number of amides is 1. The van der Waals surface area contributed by atoms with E-state index in [1.807, 2.05) is 37.3 Å². The van der Waals surface area contributed by atoms with Crippen LogP contribution in [0.25, 0.3) is 5.82 Å². The minimum atomic E-state index is -0.136. The number of furan rings is 1. The first-order valence-electron chi connectivity index (χ1n) is 9.73. The van der Waals surface area contributed by atoms with Gasteiger partial charge in [-0.25, -0.2) is 9.67 Å². The van der Waals surface area contributed by atoms with Gasteiger partial charge in [-0.15, -0.1) is 0 Å². The summed E-state index contributed by atoms with van der Waals surface area (Å²) < 4.78 is 7.33. The summed E-state index contributed by atoms with van der Waals surface area (Å²) >= 11 is 0. The normalized spacial score (nSPS) is 12.3. The number of pyridine rings is 1. The highest BCUT2D eigenvalue weighted by Crippen LogP contribution is 2.21. The van der Waals surface area contributed by atoms with Crippen LogP contribution in [0.1, 0.15) is 48.6 Å². The van der Waals surface area contributed by atoms with Crippen molar-refractivity contribution in [1.82, 2.24) is 25.0 Å². The molecule has 0 aromatic carbocycles. The highest BCUT2D eigenvalue weighted by atomic mass is 16.3. The van der Waals surface area contributed by atoms with Crippen LogP contribution in [0.3, 0.4) is 0 Å². The number of carbonyl (C=O) groups excluding carboxylic acids is 1. The number of hydrogen-bond acceptors (Lipinski definition) is 5. The summed E-state index contributed by atoms with van der Waals surface area (Å²) in [4.78, 5) is 19.5. The number of nitrogens with zero attached hydrogens (tertiary/aromatic N) is 4. The highest BCUT2D eigenvalue weighted by molar-refractivity contribution is 5.95. The molecule has 3 aromatic heterocycles. The van der Waals surface area contributed by atoms with Gasteiger partial charge in [-0.1, -0.05) is 26.8 Å². The van der Waals surface area contributed by atoms with Crippen LogP contribution in [0.2, 0.25) is 0 Å². The molecule has 3 rings (SSSR count). The van der Waals surface area contributed by atoms with E-state index < -0.39 is 0 Å². The molecule has 1 N–H and O–H groups in total. The predicted molar refractivity (Wildman–Crippen MR) is 107 cm³/mol. The number of nitrogens with one attached hydrogen (secondary N) is 1. The lowest BCUT2D eigenvalue weighted by Gasteiger charge is -2.28. The summed E-state index contributed by atoms with van der Waals surface area (Å²) in [6.07, 6.45) is 5.67. The number of hydrogen-bond donors (Lipinski definition) is 1. The average Bonchev–Trinajstić information content (AvgIpc) is 3.41. The van der Waals surface area contributed by atoms with Crippen molar-refractivity contribution in [3.8, 4) is 5.82 Å². The van der Waals surface area contributed by atoms with Crippen molar-refractivity contribution in [2.24, 2.45) is 0 Å². The standard InChI is InChI=1S/C21H27N5O2/c1-4-17-16(14-24-26(17)20-11-7-8-12-22-20)21(27)23-15-18(25(5-2)6-3)19-10-9-13-28-19/h7-14,18H,4-6,15H2,1-3H3,(H,23,27). The molecule has 0 aliphatic rings. The fraction of sp³-hybridized carbons (Fsp3) is 0.381. The van der Waals surface area contributed by atoms with Gasteiger partial charge in [-0.2, -0.15) is 5.10 Å². The predicted octanol–water partition coefficient (Wildman–Crippen LogP) is 3.24. The number of likely N-dealkylation sites (N-methyl/N-ethyl adjacent to an activating group) is 1. The molecule has 3 aromatic rings. The maximum absolute atomic E-state index is 12.9. The summed E-state index contributed by atoms with van der Waals surface area (Å²) in [5, 5.41) is 7.45. The van der Waals surface area contributed by atoms with Gasteiger partial charge in [0.1, 0.15) is 5.76 Å². The minimum Gasteiger partial charge on any atom is -0.468 e. The Morgan fingerprint density at radius 2 is 2.04 bits per heavy atom. The largest absolute Gasteiger partial charge is 0.468 e. The molecule has 3 heterocycles. The van der Waals surface area contributed by atoms with Gasteiger partial charge in [0.15, 0.2) is 5.82 Å². The van der Waals surface area contributed by atoms with Crippen LogP contribution in [0.5, 0.6) is 0 Å². The first kappa shape index (κ1) is 19.8. The molecule has 7 heteroatoms. The maximum Gasteiger partial charge on any atom is 0.254 e. The fourth-order valence-electron chi connectivity index (χ4n) is 3.42. The highest BCUT2D eigenvalue weighted by Gasteiger charge is 2.23. The van der Waals surface area contributed by atoms with E-state index in [1.165, 1.54) is 0 Å². The Kier molecular flexibility index (Phi) is 6.60. The molecule has 0 fully saturated rings. The van der Waals surface area contributed by atoms with Crippen LogP contribution < -0.4 is 5.32 Å². The Labute approximate surface area is 165 Å². The third-order valence-electron chi connectivity index (χ3n) is 4.90. The monoisotopic (exact) mass is 381 g/mol. The molecule has 0 spiro atoms. The van der Waals surface area contributed by atoms with E-state index in [0.717, 1.165) is 24.5 Å². The van der Waals surface area contributed by atoms with E-state index in [1.54, 1.807) is 23.3 Å². The first-order valence-corrected chi connectivity index (χ1v) is 9.73. The van der Waals surface area contributed by atoms with Crippen molar-refractivity contribution in [2.75, 3.05) is 19.6 Å². The lowest BCUT2D eigenvalue weighted by molar-refractivity contribution is 0.0928. The molecule has 0 saturated heterocycles. The van der Waals surface area contributed by atoms with Crippen molar-refractivity contribution < 1.29 is 9.21 Å². The Morgan fingerprint density at radius 3 is 2.64 bits per heavy atom. The van der Waals surface area contributed by atoms with Crippen LogP contribution in [0.4, 0.5) is 0 Å². The molecule has 1 atom stereocenters. The van der Waals surface area contributed by atoms with E-state index in [-0.39, 0.29) is 11.9 Å². The summed E-state index contributed by atoms with van der Waals surface area (Å²) in [6.45, 7) is 8.42. The van der Waals surface area contributed by atoms with Crippen molar-refractivity contribution in [1.29, 1.82) is 0 Å². The molecular formula is C21H27N5O2. The van der Waals surface area contributed by atoms with Crippen molar-refractivity contribution >= 4 is 5.91 Å². The molecule has 0 saturated carbocycles. The molecular weight excluding hydrogens is 354 g/mol. The van der Waals surface area contributed by atoms with Gasteiger partial charge in [-0.3, -0.25) is 9.69 Å². The van der Waals surface area contributed by atoms with Gasteiger partial charge in [0.2, 0.25) is 0 Å². The third kappa shape index (κ3) is 4.14. The van der Waals surface area contributed by atoms with Gasteiger partial charge in [0.25, 0.3) is 5.91 Å². The molecule has 0 radical (unpaired) electrons. The SMILES string of the molecule is CCc1c(C(=O)NCC(c2ccco2)N(CC)CC)cnn1-c1ccccn1. The fourth-order valence-corrected chi connectivity index (χ4v) is 3.42. The number of aromatic nitrogens is 3. The average molecular weight is 381 g/mol. The molecule has 148 valence electrons. The maximum atomic E-state index is 12.9. The van der Waals surface area contributed by atoms with E-state index in [4.69, 9.17) is 4.42 Å². The molecule has 28 heavy (non-hydrogen) atoms. The Hall–Kier alpha value is -2.93. The van der Waals surface area contributed by atoms with Gasteiger partial charge in [0, 0.05) is 12.7 Å². The smallest absolute Gasteiger partial charge is 0.254 e. The van der Waals surface area contributed by atoms with Gasteiger partial charge >= 0.3 is 0 Å². The summed E-state index contributed by atoms with van der Waals surface area (Å²) in [5.74, 6) is 1.42. The van der Waals surface area contributed by atoms with Crippen molar-refractivity contribution in [3.05, 3.63) is 66.0 Å². The summed E-state index contributed by atoms with van der Waals surface area (Å²) in [7, 11) is 0. The zero-order chi connectivity index (χ0) is 19.9. The Balaban J connectivity index is 1.78. The third-order valence-corrected chi connectivity index (χ3v) is 4.90. The van der Waals surface area contributed by atoms with Crippen molar-refractivity contribution in [2.45, 2.75) is 33.2 Å². The lowest BCUT2D eigenvalue weighted by atomic mass is 10.1. The molecule has 1 amide bonds.